The van der Waals surface area contributed by atoms with Gasteiger partial charge in [-0.05, 0) is 25.9 Å². The minimum absolute atomic E-state index is 0.520. The van der Waals surface area contributed by atoms with E-state index in [1.807, 2.05) is 0 Å². The lowest BCUT2D eigenvalue weighted by atomic mass is 10.3. The van der Waals surface area contributed by atoms with Gasteiger partial charge in [0.15, 0.2) is 6.10 Å². The lowest BCUT2D eigenvalue weighted by molar-refractivity contribution is -0.149. The predicted molar refractivity (Wildman–Crippen MR) is 44.1 cm³/mol. The SMILES string of the molecule is COC(CN1CCCC1)C(=O)O. The van der Waals surface area contributed by atoms with Crippen molar-refractivity contribution in [2.24, 2.45) is 0 Å². The molecule has 0 bridgehead atoms. The number of methoxy groups -OCH3 is 1. The zero-order chi connectivity index (χ0) is 8.97. The molecule has 4 heteroatoms. The minimum atomic E-state index is -0.871. The Morgan fingerprint density at radius 3 is 2.58 bits per heavy atom. The number of hydrogen-bond acceptors (Lipinski definition) is 3. The molecule has 0 saturated carbocycles. The molecule has 0 aromatic rings. The number of rotatable bonds is 4. The van der Waals surface area contributed by atoms with Gasteiger partial charge in [0, 0.05) is 13.7 Å². The van der Waals surface area contributed by atoms with Crippen LogP contribution in [0.2, 0.25) is 0 Å². The van der Waals surface area contributed by atoms with Crippen LogP contribution in [0.3, 0.4) is 0 Å². The van der Waals surface area contributed by atoms with Gasteiger partial charge in [-0.15, -0.1) is 0 Å². The van der Waals surface area contributed by atoms with Gasteiger partial charge in [-0.25, -0.2) is 4.79 Å². The molecular weight excluding hydrogens is 158 g/mol. The van der Waals surface area contributed by atoms with Crippen molar-refractivity contribution in [3.8, 4) is 0 Å². The molecule has 4 nitrogen and oxygen atoms in total. The molecule has 1 rings (SSSR count). The molecule has 0 amide bonds. The largest absolute Gasteiger partial charge is 0.479 e. The van der Waals surface area contributed by atoms with Gasteiger partial charge in [-0.2, -0.15) is 0 Å². The van der Waals surface area contributed by atoms with Crippen LogP contribution in [0.4, 0.5) is 0 Å². The minimum Gasteiger partial charge on any atom is -0.479 e. The van der Waals surface area contributed by atoms with Gasteiger partial charge in [0.25, 0.3) is 0 Å². The molecule has 0 spiro atoms. The fourth-order valence-electron chi connectivity index (χ4n) is 1.45. The quantitative estimate of drug-likeness (QED) is 0.659. The summed E-state index contributed by atoms with van der Waals surface area (Å²) in [5, 5.41) is 8.68. The number of ether oxygens (including phenoxy) is 1. The molecule has 70 valence electrons. The topological polar surface area (TPSA) is 49.8 Å². The van der Waals surface area contributed by atoms with Gasteiger partial charge in [0.2, 0.25) is 0 Å². The summed E-state index contributed by atoms with van der Waals surface area (Å²) in [6.07, 6.45) is 1.69. The molecule has 0 aromatic heterocycles. The molecular formula is C8H15NO3. The summed E-state index contributed by atoms with van der Waals surface area (Å²) in [5.41, 5.74) is 0. The summed E-state index contributed by atoms with van der Waals surface area (Å²) in [5.74, 6) is -0.871. The van der Waals surface area contributed by atoms with Crippen LogP contribution in [-0.4, -0.2) is 48.8 Å². The Hall–Kier alpha value is -0.610. The maximum absolute atomic E-state index is 10.6. The Bertz CT molecular complexity index is 154. The van der Waals surface area contributed by atoms with Crippen molar-refractivity contribution < 1.29 is 14.6 Å². The van der Waals surface area contributed by atoms with Crippen molar-refractivity contribution in [1.29, 1.82) is 0 Å². The molecule has 1 aliphatic heterocycles. The molecule has 1 atom stereocenters. The molecule has 1 saturated heterocycles. The third-order valence-corrected chi connectivity index (χ3v) is 2.18. The van der Waals surface area contributed by atoms with E-state index < -0.39 is 12.1 Å². The predicted octanol–water partition coefficient (Wildman–Crippen LogP) is 0.182. The van der Waals surface area contributed by atoms with Crippen molar-refractivity contribution in [3.05, 3.63) is 0 Å². The highest BCUT2D eigenvalue weighted by molar-refractivity contribution is 5.72. The van der Waals surface area contributed by atoms with E-state index in [4.69, 9.17) is 9.84 Å². The number of carboxylic acids is 1. The summed E-state index contributed by atoms with van der Waals surface area (Å²) in [7, 11) is 1.44. The lowest BCUT2D eigenvalue weighted by Crippen LogP contribution is -2.36. The van der Waals surface area contributed by atoms with Gasteiger partial charge in [0.1, 0.15) is 0 Å². The second-order valence-electron chi connectivity index (χ2n) is 3.07. The Morgan fingerprint density at radius 2 is 2.17 bits per heavy atom. The van der Waals surface area contributed by atoms with E-state index in [9.17, 15) is 4.79 Å². The average Bonchev–Trinajstić information content (AvgIpc) is 2.51. The first-order valence-corrected chi connectivity index (χ1v) is 4.22. The maximum atomic E-state index is 10.6. The highest BCUT2D eigenvalue weighted by Crippen LogP contribution is 2.08. The van der Waals surface area contributed by atoms with Gasteiger partial charge < -0.3 is 14.7 Å². The third kappa shape index (κ3) is 2.46. The molecule has 1 heterocycles. The number of hydrogen-bond donors (Lipinski definition) is 1. The molecule has 1 aliphatic rings. The Labute approximate surface area is 72.1 Å². The van der Waals surface area contributed by atoms with E-state index in [0.29, 0.717) is 6.54 Å². The van der Waals surface area contributed by atoms with Crippen molar-refractivity contribution in [2.45, 2.75) is 18.9 Å². The number of carboxylic acid groups (broad SMARTS) is 1. The molecule has 0 aromatic carbocycles. The maximum Gasteiger partial charge on any atom is 0.334 e. The van der Waals surface area contributed by atoms with Crippen LogP contribution in [0.5, 0.6) is 0 Å². The first kappa shape index (κ1) is 9.48. The van der Waals surface area contributed by atoms with Crippen LogP contribution in [0.15, 0.2) is 0 Å². The Balaban J connectivity index is 2.30. The van der Waals surface area contributed by atoms with E-state index in [1.54, 1.807) is 0 Å². The second-order valence-corrected chi connectivity index (χ2v) is 3.07. The molecule has 1 fully saturated rings. The summed E-state index contributed by atoms with van der Waals surface area (Å²) in [6.45, 7) is 2.53. The normalized spacial score (nSPS) is 21.1. The second kappa shape index (κ2) is 4.42. The van der Waals surface area contributed by atoms with Crippen molar-refractivity contribution in [3.63, 3.8) is 0 Å². The van der Waals surface area contributed by atoms with Crippen LogP contribution in [0, 0.1) is 0 Å². The number of carbonyl (C=O) groups is 1. The highest BCUT2D eigenvalue weighted by Gasteiger charge is 2.21. The van der Waals surface area contributed by atoms with E-state index in [2.05, 4.69) is 4.90 Å². The van der Waals surface area contributed by atoms with E-state index >= 15 is 0 Å². The third-order valence-electron chi connectivity index (χ3n) is 2.18. The molecule has 1 N–H and O–H groups in total. The monoisotopic (exact) mass is 173 g/mol. The molecule has 1 unspecified atom stereocenters. The zero-order valence-electron chi connectivity index (χ0n) is 7.32. The first-order chi connectivity index (χ1) is 5.74. The zero-order valence-corrected chi connectivity index (χ0v) is 7.32. The highest BCUT2D eigenvalue weighted by atomic mass is 16.5. The smallest absolute Gasteiger partial charge is 0.334 e. The van der Waals surface area contributed by atoms with Gasteiger partial charge in [0.05, 0.1) is 0 Å². The molecule has 0 radical (unpaired) electrons. The lowest BCUT2D eigenvalue weighted by Gasteiger charge is -2.18. The van der Waals surface area contributed by atoms with Gasteiger partial charge >= 0.3 is 5.97 Å². The molecule has 0 aliphatic carbocycles. The fraction of sp³-hybridized carbons (Fsp3) is 0.875. The summed E-state index contributed by atoms with van der Waals surface area (Å²) >= 11 is 0. The van der Waals surface area contributed by atoms with Crippen LogP contribution in [-0.2, 0) is 9.53 Å². The van der Waals surface area contributed by atoms with Gasteiger partial charge in [-0.1, -0.05) is 0 Å². The molecule has 12 heavy (non-hydrogen) atoms. The summed E-state index contributed by atoms with van der Waals surface area (Å²) in [4.78, 5) is 12.7. The van der Waals surface area contributed by atoms with Crippen molar-refractivity contribution in [1.82, 2.24) is 4.90 Å². The first-order valence-electron chi connectivity index (χ1n) is 4.22. The van der Waals surface area contributed by atoms with Crippen LogP contribution in [0.25, 0.3) is 0 Å². The van der Waals surface area contributed by atoms with Gasteiger partial charge in [-0.3, -0.25) is 0 Å². The van der Waals surface area contributed by atoms with Crippen LogP contribution >= 0.6 is 0 Å². The van der Waals surface area contributed by atoms with E-state index in [-0.39, 0.29) is 0 Å². The van der Waals surface area contributed by atoms with Crippen LogP contribution in [0.1, 0.15) is 12.8 Å². The number of likely N-dealkylation sites (tertiary alicyclic amines) is 1. The summed E-state index contributed by atoms with van der Waals surface area (Å²) < 4.78 is 4.83. The van der Waals surface area contributed by atoms with Crippen LogP contribution < -0.4 is 0 Å². The summed E-state index contributed by atoms with van der Waals surface area (Å²) in [6, 6.07) is 0. The Kier molecular flexibility index (Phi) is 3.49. The Morgan fingerprint density at radius 1 is 1.58 bits per heavy atom. The number of aliphatic carboxylic acids is 1. The average molecular weight is 173 g/mol. The van der Waals surface area contributed by atoms with Crippen molar-refractivity contribution in [2.75, 3.05) is 26.7 Å². The van der Waals surface area contributed by atoms with E-state index in [0.717, 1.165) is 13.1 Å². The number of nitrogens with zero attached hydrogens (tertiary/aromatic N) is 1. The standard InChI is InChI=1S/C8H15NO3/c1-12-7(8(10)11)6-9-4-2-3-5-9/h7H,2-6H2,1H3,(H,10,11). The fourth-order valence-corrected chi connectivity index (χ4v) is 1.45. The van der Waals surface area contributed by atoms with E-state index in [1.165, 1.54) is 20.0 Å². The van der Waals surface area contributed by atoms with Crippen molar-refractivity contribution >= 4 is 5.97 Å².